The van der Waals surface area contributed by atoms with E-state index in [1.54, 1.807) is 0 Å². The molecule has 0 aliphatic heterocycles. The zero-order valence-electron chi connectivity index (χ0n) is 10.7. The minimum atomic E-state index is -4.92. The molecule has 0 saturated carbocycles. The van der Waals surface area contributed by atoms with Crippen LogP contribution in [0.4, 0.5) is 5.69 Å². The molecule has 0 aliphatic carbocycles. The number of aryl methyl sites for hydroxylation is 1. The normalized spacial score (nSPS) is 11.8. The molecule has 13 heteroatoms. The maximum Gasteiger partial charge on any atom is 1.00 e. The van der Waals surface area contributed by atoms with Gasteiger partial charge in [-0.05, 0) is 24.6 Å². The summed E-state index contributed by atoms with van der Waals surface area (Å²) >= 11 is 5.62. The van der Waals surface area contributed by atoms with Gasteiger partial charge >= 0.3 is 59.1 Å². The van der Waals surface area contributed by atoms with Crippen molar-refractivity contribution in [3.8, 4) is 0 Å². The smallest absolute Gasteiger partial charge is 0.744 e. The third-order valence-electron chi connectivity index (χ3n) is 1.76. The molecule has 0 aliphatic rings. The summed E-state index contributed by atoms with van der Waals surface area (Å²) < 4.78 is 65.5. The van der Waals surface area contributed by atoms with E-state index in [4.69, 9.17) is 11.6 Å². The molecule has 0 spiro atoms. The maximum atomic E-state index is 10.8. The molecule has 0 fully saturated rings. The summed E-state index contributed by atoms with van der Waals surface area (Å²) in [5.74, 6) is 0. The fourth-order valence-electron chi connectivity index (χ4n) is 1.07. The van der Waals surface area contributed by atoms with E-state index >= 15 is 0 Å². The van der Waals surface area contributed by atoms with Crippen LogP contribution in [0.2, 0.25) is 5.02 Å². The van der Waals surface area contributed by atoms with Gasteiger partial charge in [0.15, 0.2) is 0 Å². The molecular formula is C7H5ClN2Na2O6S2. The van der Waals surface area contributed by atoms with Crippen molar-refractivity contribution < 1.29 is 85.1 Å². The molecule has 0 atom stereocenters. The summed E-state index contributed by atoms with van der Waals surface area (Å²) in [6, 6.07) is 1.74. The van der Waals surface area contributed by atoms with E-state index in [2.05, 4.69) is 9.63 Å². The summed E-state index contributed by atoms with van der Waals surface area (Å²) in [6.45, 7) is 1.33. The number of hydrogen-bond donors (Lipinski definition) is 0. The summed E-state index contributed by atoms with van der Waals surface area (Å²) in [6.07, 6.45) is 0. The van der Waals surface area contributed by atoms with Gasteiger partial charge < -0.3 is 9.11 Å². The molecule has 0 saturated heterocycles. The molecule has 0 N–H and O–H groups in total. The fraction of sp³-hybridized carbons (Fsp3) is 0.143. The van der Waals surface area contributed by atoms with Crippen LogP contribution in [0.1, 0.15) is 5.56 Å². The summed E-state index contributed by atoms with van der Waals surface area (Å²) in [7, 11) is -9.62. The SMILES string of the molecule is Cc1cc(S(=O)(=O)[O-])cc(Cl)c1N=NS(=O)(=O)[O-].[Na+].[Na+]. The Morgan fingerprint density at radius 2 is 1.60 bits per heavy atom. The van der Waals surface area contributed by atoms with Gasteiger partial charge in [-0.2, -0.15) is 0 Å². The second kappa shape index (κ2) is 8.53. The van der Waals surface area contributed by atoms with Crippen molar-refractivity contribution in [3.05, 3.63) is 22.7 Å². The quantitative estimate of drug-likeness (QED) is 0.301. The Labute approximate surface area is 165 Å². The first-order valence-electron chi connectivity index (χ1n) is 4.15. The first-order valence-corrected chi connectivity index (χ1v) is 7.31. The Morgan fingerprint density at radius 3 is 1.95 bits per heavy atom. The molecule has 8 nitrogen and oxygen atoms in total. The average molecular weight is 359 g/mol. The van der Waals surface area contributed by atoms with Crippen LogP contribution in [0.15, 0.2) is 26.7 Å². The molecule has 1 aromatic rings. The van der Waals surface area contributed by atoms with Gasteiger partial charge in [0.25, 0.3) is 0 Å². The maximum absolute atomic E-state index is 10.8. The van der Waals surface area contributed by atoms with Crippen molar-refractivity contribution in [3.63, 3.8) is 0 Å². The van der Waals surface area contributed by atoms with E-state index in [-0.39, 0.29) is 75.4 Å². The van der Waals surface area contributed by atoms with Crippen molar-refractivity contribution in [1.82, 2.24) is 0 Å². The van der Waals surface area contributed by atoms with Gasteiger partial charge in [0.05, 0.1) is 9.92 Å². The van der Waals surface area contributed by atoms with Crippen molar-refractivity contribution in [2.45, 2.75) is 11.8 Å². The first-order chi connectivity index (χ1) is 8.00. The van der Waals surface area contributed by atoms with Crippen molar-refractivity contribution in [2.75, 3.05) is 0 Å². The van der Waals surface area contributed by atoms with E-state index in [0.717, 1.165) is 12.1 Å². The average Bonchev–Trinajstić information content (AvgIpc) is 2.12. The van der Waals surface area contributed by atoms with Crippen molar-refractivity contribution >= 4 is 37.7 Å². The Hall–Kier alpha value is 0.930. The zero-order chi connectivity index (χ0) is 14.1. The van der Waals surface area contributed by atoms with Gasteiger partial charge in [-0.1, -0.05) is 16.1 Å². The van der Waals surface area contributed by atoms with Gasteiger partial charge in [-0.15, -0.1) is 5.11 Å². The van der Waals surface area contributed by atoms with Crippen LogP contribution in [0.5, 0.6) is 0 Å². The molecule has 0 unspecified atom stereocenters. The van der Waals surface area contributed by atoms with Crippen molar-refractivity contribution in [2.24, 2.45) is 9.63 Å². The standard InChI is InChI=1S/C7H7ClN2O6S2.2Na/c1-4-2-5(17(11,12)13)3-6(8)7(4)9-10-18(14,15)16;;/h2-3H,1H3,(H,11,12,13)(H,14,15,16);;/q;2*+1/p-2. The molecule has 0 bridgehead atoms. The van der Waals surface area contributed by atoms with E-state index in [1.807, 2.05) is 0 Å². The van der Waals surface area contributed by atoms with Gasteiger partial charge in [-0.25, -0.2) is 16.8 Å². The second-order valence-electron chi connectivity index (χ2n) is 3.13. The summed E-state index contributed by atoms with van der Waals surface area (Å²) in [5.41, 5.74) is -0.118. The summed E-state index contributed by atoms with van der Waals surface area (Å²) in [5, 5.41) is 2.79. The van der Waals surface area contributed by atoms with Crippen LogP contribution in [-0.4, -0.2) is 25.9 Å². The number of halogens is 1. The van der Waals surface area contributed by atoms with Gasteiger partial charge in [0.1, 0.15) is 15.8 Å². The fourth-order valence-corrected chi connectivity index (χ4v) is 2.20. The van der Waals surface area contributed by atoms with Crippen LogP contribution in [-0.2, 0) is 20.4 Å². The van der Waals surface area contributed by atoms with Gasteiger partial charge in [-0.3, -0.25) is 0 Å². The predicted octanol–water partition coefficient (Wildman–Crippen LogP) is -4.90. The third-order valence-corrected chi connectivity index (χ3v) is 3.14. The number of rotatable bonds is 3. The number of nitrogens with zero attached hydrogens (tertiary/aromatic N) is 2. The minimum absolute atomic E-state index is 0. The predicted molar refractivity (Wildman–Crippen MR) is 58.4 cm³/mol. The van der Waals surface area contributed by atoms with Crippen LogP contribution in [0, 0.1) is 6.92 Å². The monoisotopic (exact) mass is 358 g/mol. The molecule has 0 heterocycles. The van der Waals surface area contributed by atoms with Crippen LogP contribution in [0.25, 0.3) is 0 Å². The Kier molecular flexibility index (Phi) is 9.90. The summed E-state index contributed by atoms with van der Waals surface area (Å²) in [4.78, 5) is -0.589. The molecule has 0 aromatic heterocycles. The van der Waals surface area contributed by atoms with Gasteiger partial charge in [0, 0.05) is 0 Å². The van der Waals surface area contributed by atoms with E-state index in [1.165, 1.54) is 6.92 Å². The third kappa shape index (κ3) is 7.27. The van der Waals surface area contributed by atoms with Crippen LogP contribution >= 0.6 is 11.6 Å². The zero-order valence-corrected chi connectivity index (χ0v) is 17.1. The van der Waals surface area contributed by atoms with Crippen molar-refractivity contribution in [1.29, 1.82) is 0 Å². The Bertz CT molecular complexity index is 696. The molecular weight excluding hydrogens is 354 g/mol. The Morgan fingerprint density at radius 1 is 1.10 bits per heavy atom. The molecule has 0 radical (unpaired) electrons. The minimum Gasteiger partial charge on any atom is -0.744 e. The number of benzene rings is 1. The topological polar surface area (TPSA) is 139 Å². The molecule has 1 aromatic carbocycles. The molecule has 20 heavy (non-hydrogen) atoms. The first kappa shape index (κ1) is 23.2. The van der Waals surface area contributed by atoms with Crippen LogP contribution < -0.4 is 59.1 Å². The number of hydrogen-bond acceptors (Lipinski definition) is 7. The Balaban J connectivity index is 0. The second-order valence-corrected chi connectivity index (χ2v) is 5.94. The van der Waals surface area contributed by atoms with E-state index in [9.17, 15) is 25.9 Å². The molecule has 0 amide bonds. The van der Waals surface area contributed by atoms with Crippen LogP contribution in [0.3, 0.4) is 0 Å². The largest absolute Gasteiger partial charge is 1.00 e. The van der Waals surface area contributed by atoms with E-state index in [0.29, 0.717) is 0 Å². The molecule has 1 rings (SSSR count). The van der Waals surface area contributed by atoms with E-state index < -0.39 is 25.3 Å². The van der Waals surface area contributed by atoms with Gasteiger partial charge in [0.2, 0.25) is 10.3 Å². The molecule has 100 valence electrons.